The quantitative estimate of drug-likeness (QED) is 0.739. The zero-order chi connectivity index (χ0) is 18.2. The molecular weight excluding hydrogens is 340 g/mol. The van der Waals surface area contributed by atoms with E-state index in [4.69, 9.17) is 21.6 Å². The maximum absolute atomic E-state index is 12.5. The van der Waals surface area contributed by atoms with Crippen LogP contribution in [0.3, 0.4) is 0 Å². The Balaban J connectivity index is 2.09. The molecular formula is C19H17ClN2O3. The van der Waals surface area contributed by atoms with E-state index in [1.165, 1.54) is 4.90 Å². The largest absolute Gasteiger partial charge is 0.452 e. The summed E-state index contributed by atoms with van der Waals surface area (Å²) >= 11 is 6.01. The summed E-state index contributed by atoms with van der Waals surface area (Å²) in [4.78, 5) is 25.9. The van der Waals surface area contributed by atoms with E-state index in [0.29, 0.717) is 16.3 Å². The number of carbonyl (C=O) groups is 2. The van der Waals surface area contributed by atoms with Crippen molar-refractivity contribution in [2.75, 3.05) is 18.1 Å². The number of esters is 1. The molecule has 0 aliphatic carbocycles. The first-order valence-electron chi connectivity index (χ1n) is 7.68. The number of ether oxygens (including phenoxy) is 1. The maximum atomic E-state index is 12.5. The maximum Gasteiger partial charge on any atom is 0.338 e. The zero-order valence-electron chi connectivity index (χ0n) is 13.7. The number of nitrogens with zero attached hydrogens (tertiary/aromatic N) is 2. The molecule has 0 saturated heterocycles. The van der Waals surface area contributed by atoms with E-state index in [9.17, 15) is 9.59 Å². The third-order valence-electron chi connectivity index (χ3n) is 3.54. The molecule has 0 bridgehead atoms. The van der Waals surface area contributed by atoms with E-state index in [2.05, 4.69) is 0 Å². The van der Waals surface area contributed by atoms with E-state index in [1.807, 2.05) is 13.0 Å². The Bertz CT molecular complexity index is 800. The topological polar surface area (TPSA) is 70.4 Å². The standard InChI is InChI=1S/C19H17ClN2O3/c1-14-12-16(8-9-17(14)20)22(11-5-10-21)18(23)13-25-19(24)15-6-3-2-4-7-15/h2-4,6-9,12H,5,11,13H2,1H3. The van der Waals surface area contributed by atoms with E-state index in [-0.39, 0.29) is 13.0 Å². The Hall–Kier alpha value is -2.84. The molecule has 128 valence electrons. The molecule has 0 saturated carbocycles. The van der Waals surface area contributed by atoms with E-state index < -0.39 is 18.5 Å². The van der Waals surface area contributed by atoms with Crippen LogP contribution in [0.2, 0.25) is 5.02 Å². The summed E-state index contributed by atoms with van der Waals surface area (Å²) in [6.45, 7) is 1.63. The van der Waals surface area contributed by atoms with Crippen LogP contribution in [0.25, 0.3) is 0 Å². The van der Waals surface area contributed by atoms with Crippen LogP contribution >= 0.6 is 11.6 Å². The molecule has 0 aromatic heterocycles. The number of anilines is 1. The summed E-state index contributed by atoms with van der Waals surface area (Å²) in [7, 11) is 0. The van der Waals surface area contributed by atoms with Gasteiger partial charge in [-0.05, 0) is 42.8 Å². The number of benzene rings is 2. The number of amides is 1. The van der Waals surface area contributed by atoms with Gasteiger partial charge in [0.05, 0.1) is 18.1 Å². The molecule has 1 amide bonds. The molecule has 0 heterocycles. The smallest absolute Gasteiger partial charge is 0.338 e. The molecule has 0 N–H and O–H groups in total. The Kier molecular flexibility index (Phi) is 6.55. The third kappa shape index (κ3) is 5.07. The fourth-order valence-corrected chi connectivity index (χ4v) is 2.34. The Morgan fingerprint density at radius 1 is 1.20 bits per heavy atom. The van der Waals surface area contributed by atoms with Gasteiger partial charge in [-0.25, -0.2) is 4.79 Å². The lowest BCUT2D eigenvalue weighted by molar-refractivity contribution is -0.121. The normalized spacial score (nSPS) is 9.96. The van der Waals surface area contributed by atoms with E-state index >= 15 is 0 Å². The van der Waals surface area contributed by atoms with Gasteiger partial charge in [-0.15, -0.1) is 0 Å². The SMILES string of the molecule is Cc1cc(N(CCC#N)C(=O)COC(=O)c2ccccc2)ccc1Cl. The van der Waals surface area contributed by atoms with Gasteiger partial charge < -0.3 is 9.64 Å². The molecule has 0 unspecified atom stereocenters. The van der Waals surface area contributed by atoms with Crippen LogP contribution in [-0.4, -0.2) is 25.0 Å². The summed E-state index contributed by atoms with van der Waals surface area (Å²) in [6, 6.07) is 15.6. The van der Waals surface area contributed by atoms with Crippen molar-refractivity contribution in [2.24, 2.45) is 0 Å². The number of halogens is 1. The molecule has 0 spiro atoms. The average molecular weight is 357 g/mol. The highest BCUT2D eigenvalue weighted by Gasteiger charge is 2.18. The van der Waals surface area contributed by atoms with Crippen LogP contribution in [-0.2, 0) is 9.53 Å². The highest BCUT2D eigenvalue weighted by atomic mass is 35.5. The lowest BCUT2D eigenvalue weighted by Gasteiger charge is -2.22. The van der Waals surface area contributed by atoms with Crippen molar-refractivity contribution < 1.29 is 14.3 Å². The van der Waals surface area contributed by atoms with Gasteiger partial charge in [-0.2, -0.15) is 5.26 Å². The number of hydrogen-bond donors (Lipinski definition) is 0. The minimum absolute atomic E-state index is 0.167. The highest BCUT2D eigenvalue weighted by Crippen LogP contribution is 2.23. The molecule has 0 radical (unpaired) electrons. The van der Waals surface area contributed by atoms with Gasteiger partial charge in [0.1, 0.15) is 0 Å². The first-order chi connectivity index (χ1) is 12.0. The van der Waals surface area contributed by atoms with E-state index in [0.717, 1.165) is 5.56 Å². The molecule has 2 rings (SSSR count). The molecule has 0 aliphatic heterocycles. The summed E-state index contributed by atoms with van der Waals surface area (Å²) in [5, 5.41) is 9.40. The lowest BCUT2D eigenvalue weighted by Crippen LogP contribution is -2.35. The third-order valence-corrected chi connectivity index (χ3v) is 3.96. The molecule has 6 heteroatoms. The van der Waals surface area contributed by atoms with Crippen molar-refractivity contribution in [3.63, 3.8) is 0 Å². The van der Waals surface area contributed by atoms with Crippen molar-refractivity contribution in [1.82, 2.24) is 0 Å². The predicted molar refractivity (Wildman–Crippen MR) is 95.5 cm³/mol. The first kappa shape index (κ1) is 18.5. The molecule has 0 fully saturated rings. The molecule has 2 aromatic rings. The van der Waals surface area contributed by atoms with Gasteiger partial charge in [-0.3, -0.25) is 4.79 Å². The van der Waals surface area contributed by atoms with Crippen molar-refractivity contribution in [3.05, 3.63) is 64.7 Å². The number of rotatable bonds is 6. The second-order valence-corrected chi connectivity index (χ2v) is 5.74. The van der Waals surface area contributed by atoms with Crippen molar-refractivity contribution in [2.45, 2.75) is 13.3 Å². The molecule has 0 atom stereocenters. The van der Waals surface area contributed by atoms with Crippen LogP contribution in [0.15, 0.2) is 48.5 Å². The minimum Gasteiger partial charge on any atom is -0.452 e. The van der Waals surface area contributed by atoms with Crippen molar-refractivity contribution >= 4 is 29.2 Å². The van der Waals surface area contributed by atoms with Crippen LogP contribution < -0.4 is 4.90 Å². The van der Waals surface area contributed by atoms with Gasteiger partial charge in [0.15, 0.2) is 6.61 Å². The second kappa shape index (κ2) is 8.86. The Morgan fingerprint density at radius 3 is 2.56 bits per heavy atom. The summed E-state index contributed by atoms with van der Waals surface area (Å²) in [6.07, 6.45) is 0.167. The second-order valence-electron chi connectivity index (χ2n) is 5.33. The zero-order valence-corrected chi connectivity index (χ0v) is 14.5. The highest BCUT2D eigenvalue weighted by molar-refractivity contribution is 6.31. The van der Waals surface area contributed by atoms with Crippen LogP contribution in [0, 0.1) is 18.3 Å². The fourth-order valence-electron chi connectivity index (χ4n) is 2.22. The molecule has 2 aromatic carbocycles. The van der Waals surface area contributed by atoms with E-state index in [1.54, 1.807) is 48.5 Å². The number of carbonyl (C=O) groups excluding carboxylic acids is 2. The minimum atomic E-state index is -0.568. The molecule has 0 aliphatic rings. The van der Waals surface area contributed by atoms with Gasteiger partial charge in [0.25, 0.3) is 5.91 Å². The van der Waals surface area contributed by atoms with Crippen LogP contribution in [0.4, 0.5) is 5.69 Å². The van der Waals surface area contributed by atoms with Crippen molar-refractivity contribution in [3.8, 4) is 6.07 Å². The Labute approximate surface area is 151 Å². The number of nitriles is 1. The fraction of sp³-hybridized carbons (Fsp3) is 0.211. The average Bonchev–Trinajstić information content (AvgIpc) is 2.63. The van der Waals surface area contributed by atoms with Crippen LogP contribution in [0.1, 0.15) is 22.3 Å². The van der Waals surface area contributed by atoms with Crippen LogP contribution in [0.5, 0.6) is 0 Å². The lowest BCUT2D eigenvalue weighted by atomic mass is 10.2. The monoisotopic (exact) mass is 356 g/mol. The van der Waals surface area contributed by atoms with Gasteiger partial charge >= 0.3 is 5.97 Å². The van der Waals surface area contributed by atoms with Gasteiger partial charge in [-0.1, -0.05) is 29.8 Å². The Morgan fingerprint density at radius 2 is 1.92 bits per heavy atom. The first-order valence-corrected chi connectivity index (χ1v) is 8.06. The van der Waals surface area contributed by atoms with Gasteiger partial charge in [0.2, 0.25) is 0 Å². The summed E-state index contributed by atoms with van der Waals surface area (Å²) in [5.74, 6) is -0.970. The van der Waals surface area contributed by atoms with Crippen molar-refractivity contribution in [1.29, 1.82) is 5.26 Å². The predicted octanol–water partition coefficient (Wildman–Crippen LogP) is 3.75. The number of hydrogen-bond acceptors (Lipinski definition) is 4. The summed E-state index contributed by atoms with van der Waals surface area (Å²) in [5.41, 5.74) is 1.80. The van der Waals surface area contributed by atoms with Gasteiger partial charge in [0, 0.05) is 17.3 Å². The molecule has 5 nitrogen and oxygen atoms in total. The molecule has 25 heavy (non-hydrogen) atoms. The number of aryl methyl sites for hydroxylation is 1. The summed E-state index contributed by atoms with van der Waals surface area (Å²) < 4.78 is 5.09.